The Hall–Kier alpha value is -1.60. The van der Waals surface area contributed by atoms with E-state index in [0.717, 1.165) is 25.3 Å². The fraction of sp³-hybridized carbons (Fsp3) is 0.417. The molecule has 1 fully saturated rings. The van der Waals surface area contributed by atoms with Gasteiger partial charge in [-0.25, -0.2) is 17.9 Å². The number of carboxylic acid groups (broad SMARTS) is 1. The molecule has 1 saturated carbocycles. The highest BCUT2D eigenvalue weighted by molar-refractivity contribution is 7.89. The highest BCUT2D eigenvalue weighted by Crippen LogP contribution is 2.26. The number of carboxylic acids is 1. The van der Waals surface area contributed by atoms with Gasteiger partial charge in [0.25, 0.3) is 0 Å². The molecule has 0 aliphatic heterocycles. The predicted molar refractivity (Wildman–Crippen MR) is 70.3 cm³/mol. The first-order chi connectivity index (χ1) is 8.90. The van der Waals surface area contributed by atoms with Crippen molar-refractivity contribution in [2.24, 2.45) is 5.92 Å². The van der Waals surface area contributed by atoms with Crippen LogP contribution in [0.5, 0.6) is 0 Å². The van der Waals surface area contributed by atoms with E-state index in [0.29, 0.717) is 12.5 Å². The smallest absolute Gasteiger partial charge is 0.337 e. The van der Waals surface area contributed by atoms with Crippen molar-refractivity contribution in [2.75, 3.05) is 12.3 Å². The molecular weight excluding hydrogens is 268 g/mol. The molecule has 0 saturated heterocycles. The van der Waals surface area contributed by atoms with Crippen molar-refractivity contribution in [1.29, 1.82) is 0 Å². The van der Waals surface area contributed by atoms with Crippen LogP contribution < -0.4 is 10.5 Å². The van der Waals surface area contributed by atoms with E-state index in [-0.39, 0.29) is 16.1 Å². The molecule has 1 aromatic rings. The lowest BCUT2D eigenvalue weighted by atomic mass is 9.86. The predicted octanol–water partition coefficient (Wildman–Crippen LogP) is 1.05. The maximum absolute atomic E-state index is 12.1. The number of rotatable bonds is 5. The van der Waals surface area contributed by atoms with Crippen molar-refractivity contribution in [1.82, 2.24) is 4.72 Å². The summed E-state index contributed by atoms with van der Waals surface area (Å²) >= 11 is 0. The summed E-state index contributed by atoms with van der Waals surface area (Å²) in [6, 6.07) is 3.76. The molecule has 0 bridgehead atoms. The molecule has 0 unspecified atom stereocenters. The minimum absolute atomic E-state index is 0.218. The number of nitrogens with two attached hydrogens (primary N) is 1. The molecule has 1 aromatic carbocycles. The number of nitrogen functional groups attached to an aromatic ring is 1. The van der Waals surface area contributed by atoms with Gasteiger partial charge in [0.2, 0.25) is 10.0 Å². The molecule has 0 aromatic heterocycles. The Morgan fingerprint density at radius 1 is 1.42 bits per heavy atom. The van der Waals surface area contributed by atoms with E-state index < -0.39 is 16.0 Å². The maximum atomic E-state index is 12.1. The Labute approximate surface area is 111 Å². The Bertz CT molecular complexity index is 594. The number of nitrogens with one attached hydrogen (secondary N) is 1. The van der Waals surface area contributed by atoms with E-state index in [1.165, 1.54) is 12.1 Å². The summed E-state index contributed by atoms with van der Waals surface area (Å²) < 4.78 is 26.7. The molecule has 0 heterocycles. The van der Waals surface area contributed by atoms with Crippen LogP contribution in [0, 0.1) is 5.92 Å². The fourth-order valence-electron chi connectivity index (χ4n) is 1.95. The van der Waals surface area contributed by atoms with Crippen LogP contribution in [-0.4, -0.2) is 26.0 Å². The molecule has 0 amide bonds. The normalized spacial score (nSPS) is 16.0. The van der Waals surface area contributed by atoms with Gasteiger partial charge in [0.05, 0.1) is 10.5 Å². The van der Waals surface area contributed by atoms with Gasteiger partial charge in [-0.05, 0) is 37.0 Å². The molecule has 1 aliphatic rings. The second kappa shape index (κ2) is 5.18. The topological polar surface area (TPSA) is 109 Å². The highest BCUT2D eigenvalue weighted by Gasteiger charge is 2.25. The molecule has 1 aliphatic carbocycles. The summed E-state index contributed by atoms with van der Waals surface area (Å²) in [5.74, 6) is -0.951. The third kappa shape index (κ3) is 3.05. The summed E-state index contributed by atoms with van der Waals surface area (Å²) in [6.45, 7) is 0.353. The van der Waals surface area contributed by atoms with Crippen molar-refractivity contribution in [3.63, 3.8) is 0 Å². The van der Waals surface area contributed by atoms with Crippen molar-refractivity contribution in [3.05, 3.63) is 23.8 Å². The summed E-state index contributed by atoms with van der Waals surface area (Å²) in [7, 11) is -3.81. The van der Waals surface area contributed by atoms with Gasteiger partial charge in [0.15, 0.2) is 0 Å². The average molecular weight is 284 g/mol. The van der Waals surface area contributed by atoms with Crippen LogP contribution in [0.1, 0.15) is 29.6 Å². The zero-order chi connectivity index (χ0) is 14.0. The monoisotopic (exact) mass is 284 g/mol. The highest BCUT2D eigenvalue weighted by atomic mass is 32.2. The van der Waals surface area contributed by atoms with E-state index in [1.807, 2.05) is 0 Å². The van der Waals surface area contributed by atoms with Crippen LogP contribution in [0.3, 0.4) is 0 Å². The van der Waals surface area contributed by atoms with Crippen LogP contribution in [0.15, 0.2) is 23.1 Å². The van der Waals surface area contributed by atoms with E-state index in [1.54, 1.807) is 0 Å². The van der Waals surface area contributed by atoms with Gasteiger partial charge in [-0.3, -0.25) is 0 Å². The van der Waals surface area contributed by atoms with E-state index in [4.69, 9.17) is 10.8 Å². The van der Waals surface area contributed by atoms with Crippen LogP contribution in [-0.2, 0) is 10.0 Å². The quantitative estimate of drug-likeness (QED) is 0.700. The third-order valence-electron chi connectivity index (χ3n) is 3.31. The van der Waals surface area contributed by atoms with Crippen molar-refractivity contribution in [2.45, 2.75) is 24.2 Å². The lowest BCUT2D eigenvalue weighted by molar-refractivity contribution is 0.0692. The number of hydrogen-bond donors (Lipinski definition) is 3. The molecule has 0 spiro atoms. The number of hydrogen-bond acceptors (Lipinski definition) is 4. The van der Waals surface area contributed by atoms with Crippen LogP contribution in [0.25, 0.3) is 0 Å². The Balaban J connectivity index is 2.25. The molecule has 7 heteroatoms. The summed E-state index contributed by atoms with van der Waals surface area (Å²) in [6.07, 6.45) is 3.14. The van der Waals surface area contributed by atoms with Crippen LogP contribution >= 0.6 is 0 Å². The molecule has 104 valence electrons. The second-order valence-corrected chi connectivity index (χ2v) is 6.44. The van der Waals surface area contributed by atoms with Crippen molar-refractivity contribution in [3.8, 4) is 0 Å². The zero-order valence-corrected chi connectivity index (χ0v) is 11.1. The van der Waals surface area contributed by atoms with Gasteiger partial charge in [0.1, 0.15) is 0 Å². The number of benzene rings is 1. The first kappa shape index (κ1) is 13.8. The summed E-state index contributed by atoms with van der Waals surface area (Å²) in [5.41, 5.74) is 5.40. The molecule has 19 heavy (non-hydrogen) atoms. The Kier molecular flexibility index (Phi) is 3.77. The minimum atomic E-state index is -3.81. The lowest BCUT2D eigenvalue weighted by Crippen LogP contribution is -2.33. The summed E-state index contributed by atoms with van der Waals surface area (Å²) in [5, 5.41) is 9.04. The number of aromatic carboxylic acids is 1. The number of carbonyl (C=O) groups is 1. The number of sulfonamides is 1. The molecule has 0 radical (unpaired) electrons. The van der Waals surface area contributed by atoms with Gasteiger partial charge < -0.3 is 10.8 Å². The SMILES string of the molecule is Nc1ccc(S(=O)(=O)NCC2CCC2)c(C(=O)O)c1. The van der Waals surface area contributed by atoms with E-state index in [9.17, 15) is 13.2 Å². The summed E-state index contributed by atoms with van der Waals surface area (Å²) in [4.78, 5) is 10.8. The van der Waals surface area contributed by atoms with Gasteiger partial charge in [-0.15, -0.1) is 0 Å². The van der Waals surface area contributed by atoms with Crippen LogP contribution in [0.2, 0.25) is 0 Å². The molecule has 6 nitrogen and oxygen atoms in total. The van der Waals surface area contributed by atoms with Crippen molar-refractivity contribution < 1.29 is 18.3 Å². The van der Waals surface area contributed by atoms with Gasteiger partial charge in [0, 0.05) is 12.2 Å². The van der Waals surface area contributed by atoms with Crippen LogP contribution in [0.4, 0.5) is 5.69 Å². The van der Waals surface area contributed by atoms with E-state index in [2.05, 4.69) is 4.72 Å². The molecule has 0 atom stereocenters. The van der Waals surface area contributed by atoms with Crippen molar-refractivity contribution >= 4 is 21.7 Å². The van der Waals surface area contributed by atoms with Gasteiger partial charge in [-0.1, -0.05) is 6.42 Å². The molecule has 4 N–H and O–H groups in total. The Morgan fingerprint density at radius 2 is 2.11 bits per heavy atom. The second-order valence-electron chi connectivity index (χ2n) is 4.71. The maximum Gasteiger partial charge on any atom is 0.337 e. The van der Waals surface area contributed by atoms with Gasteiger partial charge in [-0.2, -0.15) is 0 Å². The average Bonchev–Trinajstić information content (AvgIpc) is 2.26. The zero-order valence-electron chi connectivity index (χ0n) is 10.3. The first-order valence-corrected chi connectivity index (χ1v) is 7.51. The molecular formula is C12H16N2O4S. The number of anilines is 1. The minimum Gasteiger partial charge on any atom is -0.478 e. The van der Waals surface area contributed by atoms with E-state index >= 15 is 0 Å². The Morgan fingerprint density at radius 3 is 2.63 bits per heavy atom. The lowest BCUT2D eigenvalue weighted by Gasteiger charge is -2.25. The standard InChI is InChI=1S/C12H16N2O4S/c13-9-4-5-11(10(6-9)12(15)16)19(17,18)14-7-8-2-1-3-8/h4-6,8,14H,1-3,7,13H2,(H,15,16). The van der Waals surface area contributed by atoms with Gasteiger partial charge >= 0.3 is 5.97 Å². The third-order valence-corrected chi connectivity index (χ3v) is 4.79. The fourth-order valence-corrected chi connectivity index (χ4v) is 3.24. The molecule has 2 rings (SSSR count). The largest absolute Gasteiger partial charge is 0.478 e. The first-order valence-electron chi connectivity index (χ1n) is 6.02.